The molecule has 0 unspecified atom stereocenters. The van der Waals surface area contributed by atoms with Crippen LogP contribution >= 0.6 is 0 Å². The van der Waals surface area contributed by atoms with E-state index in [4.69, 9.17) is 8.94 Å². The highest BCUT2D eigenvalue weighted by Crippen LogP contribution is 2.25. The van der Waals surface area contributed by atoms with Crippen molar-refractivity contribution in [3.8, 4) is 0 Å². The van der Waals surface area contributed by atoms with Gasteiger partial charge in [-0.05, 0) is 12.1 Å². The van der Waals surface area contributed by atoms with E-state index < -0.39 is 11.7 Å². The minimum Gasteiger partial charge on any atom is -0.458 e. The molecule has 0 saturated heterocycles. The summed E-state index contributed by atoms with van der Waals surface area (Å²) in [5.74, 6) is 0.826. The fourth-order valence-electron chi connectivity index (χ4n) is 3.57. The SMILES string of the molecule is Cn1c(=O)n(C)c2c(=O)n(Cc3nc(C[C@H](O)c4cc5ccccc5o4)no3)ncc21. The van der Waals surface area contributed by atoms with Crippen molar-refractivity contribution in [2.75, 3.05) is 0 Å². The Morgan fingerprint density at radius 2 is 1.97 bits per heavy atom. The lowest BCUT2D eigenvalue weighted by molar-refractivity contribution is 0.149. The zero-order valence-corrected chi connectivity index (χ0v) is 16.7. The first kappa shape index (κ1) is 19.0. The molecule has 0 bridgehead atoms. The molecular formula is C20H18N6O5. The number of rotatable bonds is 5. The van der Waals surface area contributed by atoms with E-state index >= 15 is 0 Å². The molecule has 4 aromatic heterocycles. The summed E-state index contributed by atoms with van der Waals surface area (Å²) >= 11 is 0. The van der Waals surface area contributed by atoms with Crippen molar-refractivity contribution in [2.45, 2.75) is 19.1 Å². The summed E-state index contributed by atoms with van der Waals surface area (Å²) < 4.78 is 14.7. The van der Waals surface area contributed by atoms with Gasteiger partial charge in [-0.3, -0.25) is 13.9 Å². The van der Waals surface area contributed by atoms with E-state index in [1.807, 2.05) is 24.3 Å². The second kappa shape index (κ2) is 7.06. The van der Waals surface area contributed by atoms with Crippen LogP contribution in [0.2, 0.25) is 0 Å². The number of furan rings is 1. The number of aryl methyl sites for hydroxylation is 2. The predicted octanol–water partition coefficient (Wildman–Crippen LogP) is 0.887. The number of benzene rings is 1. The number of hydrogen-bond acceptors (Lipinski definition) is 8. The summed E-state index contributed by atoms with van der Waals surface area (Å²) in [6.07, 6.45) is 0.576. The molecule has 0 saturated carbocycles. The zero-order chi connectivity index (χ0) is 21.7. The quantitative estimate of drug-likeness (QED) is 0.441. The Bertz CT molecular complexity index is 1500. The average Bonchev–Trinajstić information content (AvgIpc) is 3.44. The normalized spacial score (nSPS) is 12.7. The molecule has 31 heavy (non-hydrogen) atoms. The number of imidazole rings is 1. The van der Waals surface area contributed by atoms with Crippen LogP contribution in [-0.4, -0.2) is 34.2 Å². The number of aliphatic hydroxyl groups excluding tert-OH is 1. The number of aliphatic hydroxyl groups is 1. The molecule has 0 aliphatic heterocycles. The van der Waals surface area contributed by atoms with E-state index in [0.29, 0.717) is 16.9 Å². The van der Waals surface area contributed by atoms with E-state index in [1.54, 1.807) is 13.1 Å². The lowest BCUT2D eigenvalue weighted by Gasteiger charge is -2.03. The largest absolute Gasteiger partial charge is 0.458 e. The molecule has 5 aromatic rings. The van der Waals surface area contributed by atoms with Gasteiger partial charge in [-0.25, -0.2) is 9.48 Å². The first-order chi connectivity index (χ1) is 14.9. The molecule has 0 fully saturated rings. The molecule has 158 valence electrons. The van der Waals surface area contributed by atoms with Crippen molar-refractivity contribution in [2.24, 2.45) is 14.1 Å². The monoisotopic (exact) mass is 422 g/mol. The number of para-hydroxylation sites is 1. The molecule has 4 heterocycles. The Labute approximate surface area is 173 Å². The lowest BCUT2D eigenvalue weighted by Crippen LogP contribution is -2.26. The van der Waals surface area contributed by atoms with Crippen LogP contribution in [0.1, 0.15) is 23.6 Å². The topological polar surface area (TPSA) is 134 Å². The fourth-order valence-corrected chi connectivity index (χ4v) is 3.57. The van der Waals surface area contributed by atoms with Gasteiger partial charge in [0.1, 0.15) is 29.5 Å². The number of fused-ring (bicyclic) bond motifs is 2. The molecule has 0 aliphatic rings. The van der Waals surface area contributed by atoms with Crippen molar-refractivity contribution in [3.63, 3.8) is 0 Å². The summed E-state index contributed by atoms with van der Waals surface area (Å²) in [5, 5.41) is 19.3. The zero-order valence-electron chi connectivity index (χ0n) is 16.7. The van der Waals surface area contributed by atoms with Gasteiger partial charge >= 0.3 is 5.69 Å². The van der Waals surface area contributed by atoms with Gasteiger partial charge in [-0.2, -0.15) is 10.1 Å². The summed E-state index contributed by atoms with van der Waals surface area (Å²) in [6, 6.07) is 9.23. The summed E-state index contributed by atoms with van der Waals surface area (Å²) in [5.41, 5.74) is 0.601. The van der Waals surface area contributed by atoms with Gasteiger partial charge < -0.3 is 14.0 Å². The van der Waals surface area contributed by atoms with Gasteiger partial charge in [0.15, 0.2) is 5.82 Å². The lowest BCUT2D eigenvalue weighted by atomic mass is 10.2. The smallest absolute Gasteiger partial charge is 0.328 e. The Balaban J connectivity index is 1.37. The van der Waals surface area contributed by atoms with Crippen LogP contribution in [0.25, 0.3) is 22.0 Å². The Morgan fingerprint density at radius 3 is 2.77 bits per heavy atom. The predicted molar refractivity (Wildman–Crippen MR) is 108 cm³/mol. The Morgan fingerprint density at radius 1 is 1.16 bits per heavy atom. The number of nitrogens with zero attached hydrogens (tertiary/aromatic N) is 6. The first-order valence-corrected chi connectivity index (χ1v) is 9.52. The third-order valence-corrected chi connectivity index (χ3v) is 5.21. The van der Waals surface area contributed by atoms with Gasteiger partial charge in [-0.1, -0.05) is 23.4 Å². The minimum atomic E-state index is -0.950. The molecule has 0 spiro atoms. The second-order valence-corrected chi connectivity index (χ2v) is 7.25. The molecule has 11 nitrogen and oxygen atoms in total. The maximum Gasteiger partial charge on any atom is 0.328 e. The van der Waals surface area contributed by atoms with Crippen LogP contribution in [0.3, 0.4) is 0 Å². The third kappa shape index (κ3) is 3.15. The summed E-state index contributed by atoms with van der Waals surface area (Å²) in [6.45, 7) is -0.0639. The highest BCUT2D eigenvalue weighted by molar-refractivity contribution is 5.77. The maximum atomic E-state index is 12.8. The molecule has 1 N–H and O–H groups in total. The van der Waals surface area contributed by atoms with Crippen molar-refractivity contribution in [3.05, 3.63) is 74.8 Å². The van der Waals surface area contributed by atoms with E-state index in [2.05, 4.69) is 15.2 Å². The third-order valence-electron chi connectivity index (χ3n) is 5.21. The van der Waals surface area contributed by atoms with Gasteiger partial charge in [0.25, 0.3) is 5.56 Å². The van der Waals surface area contributed by atoms with Gasteiger partial charge in [0.05, 0.1) is 11.7 Å². The van der Waals surface area contributed by atoms with Crippen molar-refractivity contribution < 1.29 is 14.0 Å². The molecule has 1 aromatic carbocycles. The van der Waals surface area contributed by atoms with Crippen LogP contribution < -0.4 is 11.2 Å². The fraction of sp³-hybridized carbons (Fsp3) is 0.250. The van der Waals surface area contributed by atoms with Crippen LogP contribution in [0.15, 0.2) is 55.1 Å². The maximum absolute atomic E-state index is 12.8. The van der Waals surface area contributed by atoms with Crippen LogP contribution in [0, 0.1) is 0 Å². The molecular weight excluding hydrogens is 404 g/mol. The molecule has 5 rings (SSSR count). The van der Waals surface area contributed by atoms with Crippen molar-refractivity contribution >= 4 is 22.0 Å². The van der Waals surface area contributed by atoms with Crippen LogP contribution in [-0.2, 0) is 27.1 Å². The molecule has 0 amide bonds. The highest BCUT2D eigenvalue weighted by atomic mass is 16.5. The van der Waals surface area contributed by atoms with Gasteiger partial charge in [0.2, 0.25) is 5.89 Å². The van der Waals surface area contributed by atoms with E-state index in [1.165, 1.54) is 22.4 Å². The minimum absolute atomic E-state index is 0.0639. The van der Waals surface area contributed by atoms with Crippen molar-refractivity contribution in [1.29, 1.82) is 0 Å². The average molecular weight is 422 g/mol. The Kier molecular flexibility index (Phi) is 4.33. The number of aromatic nitrogens is 6. The van der Waals surface area contributed by atoms with Crippen LogP contribution in [0.5, 0.6) is 0 Å². The standard InChI is InChI=1S/C20H18N6O5/c1-24-12-9-21-26(19(28)18(12)25(2)20(24)29)10-17-22-16(23-31-17)8-13(27)15-7-11-5-3-4-6-14(11)30-15/h3-7,9,13,27H,8,10H2,1-2H3/t13-/m0/s1. The summed E-state index contributed by atoms with van der Waals surface area (Å²) in [4.78, 5) is 29.1. The van der Waals surface area contributed by atoms with E-state index in [9.17, 15) is 14.7 Å². The van der Waals surface area contributed by atoms with Crippen molar-refractivity contribution in [1.82, 2.24) is 29.1 Å². The molecule has 0 radical (unpaired) electrons. The molecule has 0 aliphatic carbocycles. The van der Waals surface area contributed by atoms with Gasteiger partial charge in [-0.15, -0.1) is 0 Å². The Hall–Kier alpha value is -3.99. The summed E-state index contributed by atoms with van der Waals surface area (Å²) in [7, 11) is 3.11. The molecule has 1 atom stereocenters. The highest BCUT2D eigenvalue weighted by Gasteiger charge is 2.19. The van der Waals surface area contributed by atoms with E-state index in [-0.39, 0.29) is 35.9 Å². The first-order valence-electron chi connectivity index (χ1n) is 9.52. The van der Waals surface area contributed by atoms with Gasteiger partial charge in [0, 0.05) is 25.9 Å². The number of hydrogen-bond donors (Lipinski definition) is 1. The van der Waals surface area contributed by atoms with E-state index in [0.717, 1.165) is 10.1 Å². The second-order valence-electron chi connectivity index (χ2n) is 7.25. The molecule has 11 heteroatoms. The van der Waals surface area contributed by atoms with Crippen LogP contribution in [0.4, 0.5) is 0 Å².